The number of aliphatic carboxylic acids is 1. The van der Waals surface area contributed by atoms with Crippen molar-refractivity contribution in [3.63, 3.8) is 0 Å². The van der Waals surface area contributed by atoms with E-state index in [1.54, 1.807) is 36.2 Å². The third-order valence-corrected chi connectivity index (χ3v) is 3.18. The minimum atomic E-state index is -1.05. The van der Waals surface area contributed by atoms with Crippen molar-refractivity contribution >= 4 is 21.9 Å². The number of unbranched alkanes of at least 4 members (excludes halogenated alkanes) is 3. The molecule has 0 amide bonds. The number of carboxylic acids is 1. The number of aliphatic hydroxyl groups excluding tert-OH is 1. The van der Waals surface area contributed by atoms with E-state index in [1.165, 1.54) is 0 Å². The summed E-state index contributed by atoms with van der Waals surface area (Å²) in [6.45, 7) is 1.66. The van der Waals surface area contributed by atoms with E-state index < -0.39 is 17.7 Å². The van der Waals surface area contributed by atoms with E-state index in [1.807, 2.05) is 6.08 Å². The fraction of sp³-hybridized carbons (Fsp3) is 0.562. The zero-order valence-electron chi connectivity index (χ0n) is 12.4. The van der Waals surface area contributed by atoms with Gasteiger partial charge < -0.3 is 15.3 Å². The van der Waals surface area contributed by atoms with Gasteiger partial charge in [0, 0.05) is 12.8 Å². The quantitative estimate of drug-likeness (QED) is 0.299. The maximum atomic E-state index is 10.3. The van der Waals surface area contributed by atoms with Crippen LogP contribution in [0, 0.1) is 0 Å². The lowest BCUT2D eigenvalue weighted by atomic mass is 9.97. The van der Waals surface area contributed by atoms with Crippen molar-refractivity contribution in [3.8, 4) is 0 Å². The van der Waals surface area contributed by atoms with Gasteiger partial charge in [0.1, 0.15) is 0 Å². The number of aliphatic hydroxyl groups is 2. The SMILES string of the molecule is CC(O)(/C=C/CCCCCC(=O)O)C[C@@H](O)/C=C/C=C/Br. The lowest BCUT2D eigenvalue weighted by molar-refractivity contribution is -0.137. The molecule has 0 aliphatic carbocycles. The molecule has 0 radical (unpaired) electrons. The Bertz CT molecular complexity index is 372. The summed E-state index contributed by atoms with van der Waals surface area (Å²) in [5.41, 5.74) is -1.05. The van der Waals surface area contributed by atoms with E-state index in [0.29, 0.717) is 6.42 Å². The van der Waals surface area contributed by atoms with Gasteiger partial charge >= 0.3 is 5.97 Å². The van der Waals surface area contributed by atoms with Gasteiger partial charge in [0.15, 0.2) is 0 Å². The molecule has 2 atom stereocenters. The van der Waals surface area contributed by atoms with Crippen LogP contribution in [0.25, 0.3) is 0 Å². The second-order valence-corrected chi connectivity index (χ2v) is 5.76. The molecule has 0 fully saturated rings. The highest BCUT2D eigenvalue weighted by molar-refractivity contribution is 9.11. The number of halogens is 1. The van der Waals surface area contributed by atoms with Gasteiger partial charge in [-0.1, -0.05) is 52.7 Å². The van der Waals surface area contributed by atoms with Gasteiger partial charge in [0.05, 0.1) is 11.7 Å². The molecule has 21 heavy (non-hydrogen) atoms. The van der Waals surface area contributed by atoms with Crippen molar-refractivity contribution in [2.24, 2.45) is 0 Å². The smallest absolute Gasteiger partial charge is 0.303 e. The van der Waals surface area contributed by atoms with Gasteiger partial charge in [-0.3, -0.25) is 4.79 Å². The van der Waals surface area contributed by atoms with Crippen LogP contribution in [-0.2, 0) is 4.79 Å². The zero-order chi connectivity index (χ0) is 16.1. The van der Waals surface area contributed by atoms with Crippen molar-refractivity contribution in [2.45, 2.75) is 57.2 Å². The molecule has 0 aromatic carbocycles. The van der Waals surface area contributed by atoms with Crippen LogP contribution < -0.4 is 0 Å². The lowest BCUT2D eigenvalue weighted by Crippen LogP contribution is -2.26. The van der Waals surface area contributed by atoms with Gasteiger partial charge in [0.2, 0.25) is 0 Å². The number of carboxylic acid groups (broad SMARTS) is 1. The highest BCUT2D eigenvalue weighted by atomic mass is 79.9. The van der Waals surface area contributed by atoms with Crippen molar-refractivity contribution in [1.29, 1.82) is 0 Å². The van der Waals surface area contributed by atoms with Crippen LogP contribution in [0.1, 0.15) is 45.4 Å². The van der Waals surface area contributed by atoms with Gasteiger partial charge in [-0.05, 0) is 31.2 Å². The Morgan fingerprint density at radius 2 is 2.00 bits per heavy atom. The minimum Gasteiger partial charge on any atom is -0.481 e. The second kappa shape index (κ2) is 11.7. The molecule has 120 valence electrons. The summed E-state index contributed by atoms with van der Waals surface area (Å²) in [4.78, 5) is 12.0. The Morgan fingerprint density at radius 1 is 1.29 bits per heavy atom. The van der Waals surface area contributed by atoms with E-state index in [9.17, 15) is 15.0 Å². The third kappa shape index (κ3) is 13.8. The number of allylic oxidation sites excluding steroid dienone is 3. The predicted molar refractivity (Wildman–Crippen MR) is 88.3 cm³/mol. The Hall–Kier alpha value is -0.910. The van der Waals surface area contributed by atoms with Crippen LogP contribution in [-0.4, -0.2) is 33.0 Å². The van der Waals surface area contributed by atoms with Crippen LogP contribution in [0.3, 0.4) is 0 Å². The van der Waals surface area contributed by atoms with Crippen molar-refractivity contribution < 1.29 is 20.1 Å². The zero-order valence-corrected chi connectivity index (χ0v) is 14.0. The second-order valence-electron chi connectivity index (χ2n) is 5.23. The summed E-state index contributed by atoms with van der Waals surface area (Å²) in [6, 6.07) is 0. The molecule has 4 nitrogen and oxygen atoms in total. The number of carbonyl (C=O) groups is 1. The van der Waals surface area contributed by atoms with Gasteiger partial charge in [-0.25, -0.2) is 0 Å². The average Bonchev–Trinajstić information content (AvgIpc) is 2.36. The summed E-state index contributed by atoms with van der Waals surface area (Å²) in [5, 5.41) is 28.4. The Kier molecular flexibility index (Phi) is 11.2. The topological polar surface area (TPSA) is 77.8 Å². The van der Waals surface area contributed by atoms with Crippen LogP contribution >= 0.6 is 15.9 Å². The molecule has 0 saturated carbocycles. The first kappa shape index (κ1) is 20.1. The lowest BCUT2D eigenvalue weighted by Gasteiger charge is -2.21. The van der Waals surface area contributed by atoms with E-state index in [0.717, 1.165) is 19.3 Å². The Balaban J connectivity index is 3.93. The van der Waals surface area contributed by atoms with Crippen molar-refractivity contribution in [1.82, 2.24) is 0 Å². The van der Waals surface area contributed by atoms with Gasteiger partial charge in [-0.2, -0.15) is 0 Å². The molecular weight excluding hydrogens is 336 g/mol. The molecule has 0 rings (SSSR count). The van der Waals surface area contributed by atoms with Crippen molar-refractivity contribution in [3.05, 3.63) is 35.4 Å². The largest absolute Gasteiger partial charge is 0.481 e. The van der Waals surface area contributed by atoms with Crippen LogP contribution in [0.15, 0.2) is 35.4 Å². The van der Waals surface area contributed by atoms with E-state index in [4.69, 9.17) is 5.11 Å². The first-order chi connectivity index (χ1) is 9.87. The van der Waals surface area contributed by atoms with Crippen LogP contribution in [0.2, 0.25) is 0 Å². The first-order valence-electron chi connectivity index (χ1n) is 7.11. The third-order valence-electron chi connectivity index (χ3n) is 2.88. The molecule has 3 N–H and O–H groups in total. The summed E-state index contributed by atoms with van der Waals surface area (Å²) in [7, 11) is 0. The molecule has 0 aromatic heterocycles. The van der Waals surface area contributed by atoms with Gasteiger partial charge in [-0.15, -0.1) is 0 Å². The maximum Gasteiger partial charge on any atom is 0.303 e. The summed E-state index contributed by atoms with van der Waals surface area (Å²) in [5.74, 6) is -0.759. The molecule has 5 heteroatoms. The average molecular weight is 361 g/mol. The maximum absolute atomic E-state index is 10.3. The molecule has 0 spiro atoms. The van der Waals surface area contributed by atoms with E-state index in [2.05, 4.69) is 15.9 Å². The number of rotatable bonds is 11. The van der Waals surface area contributed by atoms with Crippen LogP contribution in [0.4, 0.5) is 0 Å². The van der Waals surface area contributed by atoms with Crippen LogP contribution in [0.5, 0.6) is 0 Å². The molecule has 1 unspecified atom stereocenters. The monoisotopic (exact) mass is 360 g/mol. The highest BCUT2D eigenvalue weighted by Crippen LogP contribution is 2.16. The molecule has 0 bridgehead atoms. The molecule has 0 aliphatic rings. The summed E-state index contributed by atoms with van der Waals surface area (Å²) < 4.78 is 0. The standard InChI is InChI=1S/C16H25BrO4/c1-16(21,13-14(18)9-6-8-12-17)11-7-4-2-3-5-10-15(19)20/h6-9,11-12,14,18,21H,2-5,10,13H2,1H3,(H,19,20)/b9-6+,11-7+,12-8+/t14-,16?/m0/s1. The Morgan fingerprint density at radius 3 is 2.62 bits per heavy atom. The fourth-order valence-electron chi connectivity index (χ4n) is 1.85. The normalized spacial score (nSPS) is 16.8. The first-order valence-corrected chi connectivity index (χ1v) is 8.02. The van der Waals surface area contributed by atoms with E-state index in [-0.39, 0.29) is 12.8 Å². The molecule has 0 aliphatic heterocycles. The Labute approximate surface area is 135 Å². The molecular formula is C16H25BrO4. The number of hydrogen-bond donors (Lipinski definition) is 3. The minimum absolute atomic E-state index is 0.211. The van der Waals surface area contributed by atoms with Gasteiger partial charge in [0.25, 0.3) is 0 Å². The number of hydrogen-bond acceptors (Lipinski definition) is 3. The van der Waals surface area contributed by atoms with E-state index >= 15 is 0 Å². The predicted octanol–water partition coefficient (Wildman–Crippen LogP) is 3.54. The van der Waals surface area contributed by atoms with Crippen molar-refractivity contribution in [2.75, 3.05) is 0 Å². The fourth-order valence-corrected chi connectivity index (χ4v) is 2.02. The molecule has 0 aromatic rings. The summed E-state index contributed by atoms with van der Waals surface area (Å²) >= 11 is 3.12. The molecule has 0 heterocycles. The summed E-state index contributed by atoms with van der Waals surface area (Å²) in [6.07, 6.45) is 11.6. The highest BCUT2D eigenvalue weighted by Gasteiger charge is 2.19. The molecule has 0 saturated heterocycles.